The molecule has 0 saturated heterocycles. The normalized spacial score (nSPS) is 12.5. The Morgan fingerprint density at radius 1 is 1.50 bits per heavy atom. The van der Waals surface area contributed by atoms with Crippen LogP contribution in [0.25, 0.3) is 0 Å². The fraction of sp³-hybridized carbons (Fsp3) is 0.500. The Morgan fingerprint density at radius 3 is 2.79 bits per heavy atom. The number of rotatable bonds is 5. The maximum absolute atomic E-state index is 5.55. The Kier molecular flexibility index (Phi) is 4.90. The molecule has 4 heteroatoms. The van der Waals surface area contributed by atoms with E-state index in [2.05, 4.69) is 20.9 Å². The zero-order valence-corrected chi connectivity index (χ0v) is 9.95. The number of ether oxygens (including phenoxy) is 2. The second-order valence-corrected chi connectivity index (χ2v) is 3.56. The summed E-state index contributed by atoms with van der Waals surface area (Å²) in [6.07, 6.45) is 1.78. The molecule has 1 heterocycles. The Balaban J connectivity index is 2.50. The van der Waals surface area contributed by atoms with Gasteiger partial charge in [-0.05, 0) is 19.1 Å². The molecule has 0 fully saturated rings. The molecule has 0 aliphatic rings. The molecule has 1 aromatic rings. The predicted molar refractivity (Wildman–Crippen MR) is 58.8 cm³/mol. The minimum atomic E-state index is 0.0524. The van der Waals surface area contributed by atoms with Gasteiger partial charge in [0, 0.05) is 12.4 Å². The summed E-state index contributed by atoms with van der Waals surface area (Å²) in [5, 5.41) is 0.765. The average molecular weight is 260 g/mol. The number of halogens is 1. The molecule has 0 saturated carbocycles. The van der Waals surface area contributed by atoms with E-state index >= 15 is 0 Å². The summed E-state index contributed by atoms with van der Waals surface area (Å²) >= 11 is 3.33. The second-order valence-electron chi connectivity index (χ2n) is 3.00. The Labute approximate surface area is 92.6 Å². The SMILES string of the molecule is COCC(C)Oc1ccc(CBr)nc1. The molecule has 14 heavy (non-hydrogen) atoms. The summed E-state index contributed by atoms with van der Waals surface area (Å²) in [6, 6.07) is 3.85. The van der Waals surface area contributed by atoms with Crippen LogP contribution in [0.4, 0.5) is 0 Å². The first kappa shape index (κ1) is 11.5. The average Bonchev–Trinajstić information content (AvgIpc) is 2.19. The molecule has 78 valence electrons. The maximum Gasteiger partial charge on any atom is 0.138 e. The largest absolute Gasteiger partial charge is 0.487 e. The van der Waals surface area contributed by atoms with E-state index in [4.69, 9.17) is 9.47 Å². The summed E-state index contributed by atoms with van der Waals surface area (Å²) in [4.78, 5) is 4.20. The van der Waals surface area contributed by atoms with E-state index in [0.29, 0.717) is 6.61 Å². The van der Waals surface area contributed by atoms with Gasteiger partial charge in [0.05, 0.1) is 18.5 Å². The van der Waals surface area contributed by atoms with Crippen LogP contribution in [0, 0.1) is 0 Å². The van der Waals surface area contributed by atoms with E-state index in [9.17, 15) is 0 Å². The summed E-state index contributed by atoms with van der Waals surface area (Å²) in [6.45, 7) is 2.54. The van der Waals surface area contributed by atoms with Gasteiger partial charge in [0.1, 0.15) is 11.9 Å². The fourth-order valence-electron chi connectivity index (χ4n) is 1.06. The lowest BCUT2D eigenvalue weighted by Gasteiger charge is -2.13. The van der Waals surface area contributed by atoms with Crippen LogP contribution in [0.3, 0.4) is 0 Å². The minimum absolute atomic E-state index is 0.0524. The summed E-state index contributed by atoms with van der Waals surface area (Å²) in [5.74, 6) is 0.777. The fourth-order valence-corrected chi connectivity index (χ4v) is 1.39. The topological polar surface area (TPSA) is 31.4 Å². The van der Waals surface area contributed by atoms with Crippen LogP contribution in [0.1, 0.15) is 12.6 Å². The molecule has 0 aromatic carbocycles. The van der Waals surface area contributed by atoms with E-state index in [1.807, 2.05) is 19.1 Å². The number of alkyl halides is 1. The van der Waals surface area contributed by atoms with Gasteiger partial charge in [0.2, 0.25) is 0 Å². The van der Waals surface area contributed by atoms with Crippen LogP contribution in [-0.4, -0.2) is 24.8 Å². The Bertz CT molecular complexity index is 263. The van der Waals surface area contributed by atoms with Gasteiger partial charge in [-0.15, -0.1) is 0 Å². The number of nitrogens with zero attached hydrogens (tertiary/aromatic N) is 1. The zero-order chi connectivity index (χ0) is 10.4. The van der Waals surface area contributed by atoms with Crippen molar-refractivity contribution in [1.82, 2.24) is 4.98 Å². The van der Waals surface area contributed by atoms with Gasteiger partial charge < -0.3 is 9.47 Å². The molecule has 0 aliphatic carbocycles. The van der Waals surface area contributed by atoms with Gasteiger partial charge in [-0.1, -0.05) is 15.9 Å². The van der Waals surface area contributed by atoms with Crippen molar-refractivity contribution in [2.24, 2.45) is 0 Å². The highest BCUT2D eigenvalue weighted by atomic mass is 79.9. The molecule has 0 N–H and O–H groups in total. The molecule has 0 aliphatic heterocycles. The van der Waals surface area contributed by atoms with Gasteiger partial charge >= 0.3 is 0 Å². The number of aromatic nitrogens is 1. The standard InChI is InChI=1S/C10H14BrNO2/c1-8(7-13-2)14-10-4-3-9(5-11)12-6-10/h3-4,6,8H,5,7H2,1-2H3. The summed E-state index contributed by atoms with van der Waals surface area (Å²) < 4.78 is 10.5. The van der Waals surface area contributed by atoms with Crippen LogP contribution < -0.4 is 4.74 Å². The van der Waals surface area contributed by atoms with Gasteiger partial charge in [0.25, 0.3) is 0 Å². The first-order valence-corrected chi connectivity index (χ1v) is 5.55. The molecule has 3 nitrogen and oxygen atoms in total. The Hall–Kier alpha value is -0.610. The van der Waals surface area contributed by atoms with Crippen LogP contribution in [-0.2, 0) is 10.1 Å². The first-order valence-electron chi connectivity index (χ1n) is 4.42. The number of hydrogen-bond donors (Lipinski definition) is 0. The van der Waals surface area contributed by atoms with Crippen LogP contribution in [0.2, 0.25) is 0 Å². The third-order valence-electron chi connectivity index (χ3n) is 1.67. The van der Waals surface area contributed by atoms with E-state index < -0.39 is 0 Å². The maximum atomic E-state index is 5.55. The number of hydrogen-bond acceptors (Lipinski definition) is 3. The monoisotopic (exact) mass is 259 g/mol. The highest BCUT2D eigenvalue weighted by molar-refractivity contribution is 9.08. The van der Waals surface area contributed by atoms with Crippen molar-refractivity contribution in [3.8, 4) is 5.75 Å². The molecule has 1 atom stereocenters. The molecule has 0 bridgehead atoms. The quantitative estimate of drug-likeness (QED) is 0.762. The van der Waals surface area contributed by atoms with Crippen LogP contribution in [0.5, 0.6) is 5.75 Å². The molecule has 1 unspecified atom stereocenters. The lowest BCUT2D eigenvalue weighted by Crippen LogP contribution is -2.17. The van der Waals surface area contributed by atoms with Crippen LogP contribution >= 0.6 is 15.9 Å². The lowest BCUT2D eigenvalue weighted by atomic mass is 10.3. The predicted octanol–water partition coefficient (Wildman–Crippen LogP) is 2.39. The van der Waals surface area contributed by atoms with Crippen molar-refractivity contribution in [2.45, 2.75) is 18.4 Å². The second kappa shape index (κ2) is 5.98. The molecule has 0 amide bonds. The van der Waals surface area contributed by atoms with Gasteiger partial charge in [0.15, 0.2) is 0 Å². The van der Waals surface area contributed by atoms with Gasteiger partial charge in [-0.25, -0.2) is 0 Å². The van der Waals surface area contributed by atoms with E-state index in [1.165, 1.54) is 0 Å². The molecular weight excluding hydrogens is 246 g/mol. The van der Waals surface area contributed by atoms with Gasteiger partial charge in [-0.2, -0.15) is 0 Å². The van der Waals surface area contributed by atoms with Crippen molar-refractivity contribution < 1.29 is 9.47 Å². The zero-order valence-electron chi connectivity index (χ0n) is 8.37. The highest BCUT2D eigenvalue weighted by Crippen LogP contribution is 2.12. The van der Waals surface area contributed by atoms with Crippen molar-refractivity contribution in [2.75, 3.05) is 13.7 Å². The molecule has 1 rings (SSSR count). The molecular formula is C10H14BrNO2. The van der Waals surface area contributed by atoms with Crippen molar-refractivity contribution >= 4 is 15.9 Å². The number of methoxy groups -OCH3 is 1. The molecule has 0 spiro atoms. The van der Waals surface area contributed by atoms with Crippen molar-refractivity contribution in [1.29, 1.82) is 0 Å². The minimum Gasteiger partial charge on any atom is -0.487 e. The first-order chi connectivity index (χ1) is 6.76. The highest BCUT2D eigenvalue weighted by Gasteiger charge is 2.03. The van der Waals surface area contributed by atoms with E-state index in [0.717, 1.165) is 16.8 Å². The van der Waals surface area contributed by atoms with Crippen molar-refractivity contribution in [3.05, 3.63) is 24.0 Å². The molecule has 0 radical (unpaired) electrons. The Morgan fingerprint density at radius 2 is 2.29 bits per heavy atom. The number of pyridine rings is 1. The third-order valence-corrected chi connectivity index (χ3v) is 2.25. The van der Waals surface area contributed by atoms with E-state index in [-0.39, 0.29) is 6.10 Å². The van der Waals surface area contributed by atoms with E-state index in [1.54, 1.807) is 13.3 Å². The summed E-state index contributed by atoms with van der Waals surface area (Å²) in [5.41, 5.74) is 0.997. The van der Waals surface area contributed by atoms with Crippen molar-refractivity contribution in [3.63, 3.8) is 0 Å². The smallest absolute Gasteiger partial charge is 0.138 e. The van der Waals surface area contributed by atoms with Crippen LogP contribution in [0.15, 0.2) is 18.3 Å². The van der Waals surface area contributed by atoms with Gasteiger partial charge in [-0.3, -0.25) is 4.98 Å². The molecule has 1 aromatic heterocycles. The summed E-state index contributed by atoms with van der Waals surface area (Å²) in [7, 11) is 1.66. The third kappa shape index (κ3) is 3.64. The lowest BCUT2D eigenvalue weighted by molar-refractivity contribution is 0.0918.